The summed E-state index contributed by atoms with van der Waals surface area (Å²) in [5.74, 6) is 2.01. The van der Waals surface area contributed by atoms with Gasteiger partial charge in [0.1, 0.15) is 11.5 Å². The summed E-state index contributed by atoms with van der Waals surface area (Å²) in [6.45, 7) is 0.540. The highest BCUT2D eigenvalue weighted by atomic mass is 16.5. The van der Waals surface area contributed by atoms with E-state index in [1.54, 1.807) is 24.3 Å². The van der Waals surface area contributed by atoms with Crippen LogP contribution in [-0.4, -0.2) is 55.9 Å². The number of hydrogen-bond donors (Lipinski definition) is 2. The molecule has 0 spiro atoms. The molecule has 1 aliphatic carbocycles. The highest BCUT2D eigenvalue weighted by Gasteiger charge is 2.39. The van der Waals surface area contributed by atoms with Crippen LogP contribution in [0.25, 0.3) is 0 Å². The Labute approximate surface area is 127 Å². The Morgan fingerprint density at radius 3 is 2.95 bits per heavy atom. The predicted octanol–water partition coefficient (Wildman–Crippen LogP) is 1.01. The van der Waals surface area contributed by atoms with Crippen LogP contribution in [0.4, 0.5) is 0 Å². The molecule has 1 amide bonds. The van der Waals surface area contributed by atoms with Gasteiger partial charge in [-0.15, -0.1) is 0 Å². The highest BCUT2D eigenvalue weighted by molar-refractivity contribution is 5.92. The minimum atomic E-state index is -0.138. The monoisotopic (exact) mass is 302 g/mol. The molecule has 116 valence electrons. The Morgan fingerprint density at radius 1 is 1.41 bits per heavy atom. The van der Waals surface area contributed by atoms with Gasteiger partial charge in [-0.25, -0.2) is 4.98 Å². The lowest BCUT2D eigenvalue weighted by molar-refractivity contribution is 0.0678. The number of nitrogens with zero attached hydrogens (tertiary/aromatic N) is 4. The summed E-state index contributed by atoms with van der Waals surface area (Å²) in [7, 11) is 1.67. The van der Waals surface area contributed by atoms with Crippen LogP contribution in [0.2, 0.25) is 0 Å². The van der Waals surface area contributed by atoms with Crippen molar-refractivity contribution in [1.29, 1.82) is 0 Å². The summed E-state index contributed by atoms with van der Waals surface area (Å²) >= 11 is 0. The Bertz CT molecular complexity index is 663. The Balaban J connectivity index is 1.60. The molecule has 1 aliphatic heterocycles. The molecule has 0 radical (unpaired) electrons. The number of carbonyl (C=O) groups excluding carboxylic acids is 1. The lowest BCUT2D eigenvalue weighted by Crippen LogP contribution is -2.32. The normalized spacial score (nSPS) is 24.9. The third kappa shape index (κ3) is 2.29. The molecule has 2 aromatic rings. The SMILES string of the molecule is CO[C@@H]1C[C@@H](c2nc(C3CC3)n[nH]2)N(C(=O)c2ccn[nH]2)C1. The second-order valence-electron chi connectivity index (χ2n) is 5.89. The molecular formula is C14H18N6O2. The lowest BCUT2D eigenvalue weighted by Gasteiger charge is -2.21. The summed E-state index contributed by atoms with van der Waals surface area (Å²) in [4.78, 5) is 19.0. The maximum atomic E-state index is 12.6. The highest BCUT2D eigenvalue weighted by Crippen LogP contribution is 2.39. The molecule has 1 saturated heterocycles. The van der Waals surface area contributed by atoms with Crippen LogP contribution in [0, 0.1) is 0 Å². The first-order valence-electron chi connectivity index (χ1n) is 7.51. The number of nitrogens with one attached hydrogen (secondary N) is 2. The second-order valence-corrected chi connectivity index (χ2v) is 5.89. The average Bonchev–Trinajstić information content (AvgIpc) is 3.03. The molecular weight excluding hydrogens is 284 g/mol. The zero-order chi connectivity index (χ0) is 15.1. The fraction of sp³-hybridized carbons (Fsp3) is 0.571. The summed E-state index contributed by atoms with van der Waals surface area (Å²) < 4.78 is 5.45. The van der Waals surface area contributed by atoms with Crippen LogP contribution in [0.15, 0.2) is 12.3 Å². The van der Waals surface area contributed by atoms with Crippen LogP contribution < -0.4 is 0 Å². The molecule has 1 saturated carbocycles. The number of methoxy groups -OCH3 is 1. The standard InChI is InChI=1S/C14H18N6O2/c1-22-9-6-11(13-16-12(18-19-13)8-2-3-8)20(7-9)14(21)10-4-5-15-17-10/h4-5,8-9,11H,2-3,6-7H2,1H3,(H,15,17)(H,16,18,19)/t9-,11+/m1/s1. The van der Waals surface area contributed by atoms with Gasteiger partial charge in [0.2, 0.25) is 0 Å². The molecule has 2 atom stereocenters. The maximum absolute atomic E-state index is 12.6. The van der Waals surface area contributed by atoms with Crippen LogP contribution in [0.1, 0.15) is 53.4 Å². The third-order valence-corrected chi connectivity index (χ3v) is 4.37. The van der Waals surface area contributed by atoms with Gasteiger partial charge in [-0.05, 0) is 18.9 Å². The lowest BCUT2D eigenvalue weighted by atomic mass is 10.2. The molecule has 2 N–H and O–H groups in total. The van der Waals surface area contributed by atoms with Gasteiger partial charge in [0.25, 0.3) is 5.91 Å². The summed E-state index contributed by atoms with van der Waals surface area (Å²) in [5, 5.41) is 13.9. The molecule has 8 heteroatoms. The van der Waals surface area contributed by atoms with E-state index in [4.69, 9.17) is 4.74 Å². The van der Waals surface area contributed by atoms with Crippen molar-refractivity contribution in [3.05, 3.63) is 29.6 Å². The molecule has 2 fully saturated rings. The van der Waals surface area contributed by atoms with Crippen molar-refractivity contribution in [2.45, 2.75) is 37.3 Å². The van der Waals surface area contributed by atoms with Crippen molar-refractivity contribution >= 4 is 5.91 Å². The van der Waals surface area contributed by atoms with Gasteiger partial charge < -0.3 is 9.64 Å². The first-order valence-corrected chi connectivity index (χ1v) is 7.51. The Kier molecular flexibility index (Phi) is 3.18. The summed E-state index contributed by atoms with van der Waals surface area (Å²) in [5.41, 5.74) is 0.476. The van der Waals surface area contributed by atoms with Crippen LogP contribution in [0.3, 0.4) is 0 Å². The average molecular weight is 302 g/mol. The van der Waals surface area contributed by atoms with Gasteiger partial charge in [0.15, 0.2) is 5.82 Å². The van der Waals surface area contributed by atoms with Crippen molar-refractivity contribution < 1.29 is 9.53 Å². The van der Waals surface area contributed by atoms with E-state index in [2.05, 4.69) is 25.4 Å². The van der Waals surface area contributed by atoms with Crippen LogP contribution in [-0.2, 0) is 4.74 Å². The Morgan fingerprint density at radius 2 is 2.27 bits per heavy atom. The van der Waals surface area contributed by atoms with E-state index >= 15 is 0 Å². The predicted molar refractivity (Wildman–Crippen MR) is 76.1 cm³/mol. The van der Waals surface area contributed by atoms with E-state index < -0.39 is 0 Å². The van der Waals surface area contributed by atoms with E-state index in [-0.39, 0.29) is 18.1 Å². The molecule has 0 unspecified atom stereocenters. The van der Waals surface area contributed by atoms with Gasteiger partial charge in [-0.1, -0.05) is 0 Å². The first-order chi connectivity index (χ1) is 10.8. The number of aromatic nitrogens is 5. The zero-order valence-corrected chi connectivity index (χ0v) is 12.3. The van der Waals surface area contributed by atoms with Crippen molar-refractivity contribution in [1.82, 2.24) is 30.3 Å². The quantitative estimate of drug-likeness (QED) is 0.878. The number of rotatable bonds is 4. The minimum absolute atomic E-state index is 0.00588. The molecule has 2 aromatic heterocycles. The van der Waals surface area contributed by atoms with Crippen LogP contribution in [0.5, 0.6) is 0 Å². The topological polar surface area (TPSA) is 99.8 Å². The zero-order valence-electron chi connectivity index (χ0n) is 12.3. The number of hydrogen-bond acceptors (Lipinski definition) is 5. The van der Waals surface area contributed by atoms with Gasteiger partial charge in [-0.3, -0.25) is 15.0 Å². The van der Waals surface area contributed by atoms with Crippen molar-refractivity contribution in [2.75, 3.05) is 13.7 Å². The second kappa shape index (κ2) is 5.20. The Hall–Kier alpha value is -2.22. The molecule has 22 heavy (non-hydrogen) atoms. The minimum Gasteiger partial charge on any atom is -0.380 e. The van der Waals surface area contributed by atoms with Crippen molar-refractivity contribution in [3.63, 3.8) is 0 Å². The van der Waals surface area contributed by atoms with Gasteiger partial charge in [0.05, 0.1) is 12.1 Å². The summed E-state index contributed by atoms with van der Waals surface area (Å²) in [6, 6.07) is 1.54. The van der Waals surface area contributed by atoms with E-state index in [9.17, 15) is 4.79 Å². The van der Waals surface area contributed by atoms with E-state index in [1.807, 2.05) is 0 Å². The number of H-pyrrole nitrogens is 2. The van der Waals surface area contributed by atoms with Crippen LogP contribution >= 0.6 is 0 Å². The van der Waals surface area contributed by atoms with Gasteiger partial charge >= 0.3 is 0 Å². The molecule has 4 rings (SSSR count). The molecule has 0 bridgehead atoms. The number of likely N-dealkylation sites (tertiary alicyclic amines) is 1. The largest absolute Gasteiger partial charge is 0.380 e. The fourth-order valence-electron chi connectivity index (χ4n) is 2.94. The summed E-state index contributed by atoms with van der Waals surface area (Å²) in [6.07, 6.45) is 4.60. The molecule has 0 aromatic carbocycles. The molecule has 2 aliphatic rings. The first kappa shape index (κ1) is 13.4. The van der Waals surface area contributed by atoms with Crippen molar-refractivity contribution in [3.8, 4) is 0 Å². The van der Waals surface area contributed by atoms with Crippen molar-refractivity contribution in [2.24, 2.45) is 0 Å². The maximum Gasteiger partial charge on any atom is 0.272 e. The molecule has 8 nitrogen and oxygen atoms in total. The number of amides is 1. The number of ether oxygens (including phenoxy) is 1. The number of aromatic amines is 2. The fourth-order valence-corrected chi connectivity index (χ4v) is 2.94. The van der Waals surface area contributed by atoms with Gasteiger partial charge in [0, 0.05) is 32.2 Å². The third-order valence-electron chi connectivity index (χ3n) is 4.37. The van der Waals surface area contributed by atoms with E-state index in [0.29, 0.717) is 18.2 Å². The molecule has 3 heterocycles. The van der Waals surface area contributed by atoms with E-state index in [0.717, 1.165) is 30.9 Å². The smallest absolute Gasteiger partial charge is 0.272 e. The van der Waals surface area contributed by atoms with E-state index in [1.165, 1.54) is 0 Å². The number of carbonyl (C=O) groups is 1. The van der Waals surface area contributed by atoms with Gasteiger partial charge in [-0.2, -0.15) is 10.2 Å².